The number of benzene rings is 3. The Morgan fingerprint density at radius 1 is 0.848 bits per heavy atom. The highest BCUT2D eigenvalue weighted by molar-refractivity contribution is 7.89. The summed E-state index contributed by atoms with van der Waals surface area (Å²) in [7, 11) is -2.30. The summed E-state index contributed by atoms with van der Waals surface area (Å²) < 4.78 is 38.0. The number of sulfonamides is 1. The number of hydrazine groups is 1. The van der Waals surface area contributed by atoms with E-state index in [-0.39, 0.29) is 23.6 Å². The smallest absolute Gasteiger partial charge is 0.276 e. The van der Waals surface area contributed by atoms with E-state index < -0.39 is 21.8 Å². The Morgan fingerprint density at radius 3 is 2.24 bits per heavy atom. The maximum atomic E-state index is 12.6. The average molecular weight is 470 g/mol. The van der Waals surface area contributed by atoms with Crippen LogP contribution in [0.2, 0.25) is 0 Å². The average Bonchev–Trinajstić information content (AvgIpc) is 2.86. The normalized spacial score (nSPS) is 10.8. The number of carbonyl (C=O) groups is 2. The zero-order valence-electron chi connectivity index (χ0n) is 17.8. The van der Waals surface area contributed by atoms with Crippen molar-refractivity contribution >= 4 is 21.8 Å². The lowest BCUT2D eigenvalue weighted by atomic mass is 10.2. The van der Waals surface area contributed by atoms with E-state index in [1.165, 1.54) is 24.3 Å². The van der Waals surface area contributed by atoms with Gasteiger partial charge in [-0.15, -0.1) is 0 Å². The largest absolute Gasteiger partial charge is 0.497 e. The van der Waals surface area contributed by atoms with Crippen LogP contribution in [0.1, 0.15) is 15.9 Å². The van der Waals surface area contributed by atoms with Crippen molar-refractivity contribution in [1.82, 2.24) is 15.6 Å². The first kappa shape index (κ1) is 23.8. The van der Waals surface area contributed by atoms with Crippen molar-refractivity contribution in [2.75, 3.05) is 13.7 Å². The van der Waals surface area contributed by atoms with Crippen molar-refractivity contribution in [3.05, 3.63) is 90.0 Å². The summed E-state index contributed by atoms with van der Waals surface area (Å²) in [5, 5.41) is 0. The first-order chi connectivity index (χ1) is 15.9. The molecule has 0 spiro atoms. The van der Waals surface area contributed by atoms with E-state index in [2.05, 4.69) is 15.6 Å². The summed E-state index contributed by atoms with van der Waals surface area (Å²) in [4.78, 5) is 24.2. The molecule has 0 heterocycles. The fraction of sp³-hybridized carbons (Fsp3) is 0.130. The highest BCUT2D eigenvalue weighted by atomic mass is 32.2. The summed E-state index contributed by atoms with van der Waals surface area (Å²) >= 11 is 0. The Kier molecular flexibility index (Phi) is 8.01. The van der Waals surface area contributed by atoms with Gasteiger partial charge in [0.25, 0.3) is 11.8 Å². The van der Waals surface area contributed by atoms with Gasteiger partial charge in [0.1, 0.15) is 11.5 Å². The Morgan fingerprint density at radius 2 is 1.55 bits per heavy atom. The van der Waals surface area contributed by atoms with Crippen LogP contribution in [0.15, 0.2) is 83.8 Å². The Labute approximate surface area is 191 Å². The molecule has 10 heteroatoms. The number of methoxy groups -OCH3 is 1. The molecule has 2 amide bonds. The number of rotatable bonds is 9. The molecule has 3 N–H and O–H groups in total. The van der Waals surface area contributed by atoms with Gasteiger partial charge in [0.15, 0.2) is 6.61 Å². The second kappa shape index (κ2) is 11.1. The van der Waals surface area contributed by atoms with Crippen molar-refractivity contribution < 1.29 is 27.5 Å². The van der Waals surface area contributed by atoms with Gasteiger partial charge in [0, 0.05) is 12.1 Å². The fourth-order valence-electron chi connectivity index (χ4n) is 2.72. The van der Waals surface area contributed by atoms with Gasteiger partial charge in [-0.2, -0.15) is 0 Å². The van der Waals surface area contributed by atoms with Gasteiger partial charge >= 0.3 is 0 Å². The molecule has 0 unspecified atom stereocenters. The van der Waals surface area contributed by atoms with Crippen molar-refractivity contribution in [2.45, 2.75) is 11.4 Å². The molecule has 0 aliphatic carbocycles. The maximum Gasteiger partial charge on any atom is 0.276 e. The number of hydrogen-bond donors (Lipinski definition) is 3. The molecule has 172 valence electrons. The number of ether oxygens (including phenoxy) is 2. The Bertz CT molecular complexity index is 1200. The van der Waals surface area contributed by atoms with E-state index in [1.807, 2.05) is 18.2 Å². The lowest BCUT2D eigenvalue weighted by molar-refractivity contribution is -0.123. The summed E-state index contributed by atoms with van der Waals surface area (Å²) in [5.74, 6) is -0.155. The van der Waals surface area contributed by atoms with Crippen LogP contribution in [0.4, 0.5) is 0 Å². The molecule has 0 atom stereocenters. The monoisotopic (exact) mass is 469 g/mol. The molecule has 33 heavy (non-hydrogen) atoms. The van der Waals surface area contributed by atoms with E-state index in [1.54, 1.807) is 43.5 Å². The highest BCUT2D eigenvalue weighted by Gasteiger charge is 2.16. The van der Waals surface area contributed by atoms with Gasteiger partial charge in [-0.3, -0.25) is 20.4 Å². The Hall–Kier alpha value is -3.89. The van der Waals surface area contributed by atoms with Gasteiger partial charge in [0.05, 0.1) is 12.0 Å². The van der Waals surface area contributed by atoms with E-state index in [0.717, 1.165) is 5.56 Å². The topological polar surface area (TPSA) is 123 Å². The van der Waals surface area contributed by atoms with Crippen molar-refractivity contribution in [2.24, 2.45) is 0 Å². The zero-order chi connectivity index (χ0) is 23.7. The van der Waals surface area contributed by atoms with Crippen LogP contribution in [0.25, 0.3) is 0 Å². The number of nitrogens with one attached hydrogen (secondary N) is 3. The first-order valence-electron chi connectivity index (χ1n) is 9.87. The van der Waals surface area contributed by atoms with Crippen LogP contribution in [0.3, 0.4) is 0 Å². The third-order valence-electron chi connectivity index (χ3n) is 4.46. The lowest BCUT2D eigenvalue weighted by Crippen LogP contribution is -2.43. The van der Waals surface area contributed by atoms with E-state index in [9.17, 15) is 18.0 Å². The number of amides is 2. The van der Waals surface area contributed by atoms with E-state index in [4.69, 9.17) is 9.47 Å². The minimum Gasteiger partial charge on any atom is -0.497 e. The van der Waals surface area contributed by atoms with Crippen LogP contribution >= 0.6 is 0 Å². The van der Waals surface area contributed by atoms with Crippen LogP contribution in [-0.2, 0) is 21.4 Å². The minimum atomic E-state index is -3.84. The van der Waals surface area contributed by atoms with E-state index >= 15 is 0 Å². The molecule has 3 aromatic rings. The second-order valence-electron chi connectivity index (χ2n) is 6.80. The van der Waals surface area contributed by atoms with Crippen LogP contribution in [-0.4, -0.2) is 33.9 Å². The quantitative estimate of drug-likeness (QED) is 0.412. The third kappa shape index (κ3) is 7.06. The van der Waals surface area contributed by atoms with Gasteiger partial charge in [0.2, 0.25) is 10.0 Å². The molecule has 0 saturated carbocycles. The SMILES string of the molecule is COc1ccc(OCC(=O)NNC(=O)c2cccc(S(=O)(=O)NCc3ccccc3)c2)cc1. The van der Waals surface area contributed by atoms with Crippen LogP contribution in [0, 0.1) is 0 Å². The molecule has 3 rings (SSSR count). The van der Waals surface area contributed by atoms with Gasteiger partial charge in [-0.25, -0.2) is 13.1 Å². The van der Waals surface area contributed by atoms with Crippen molar-refractivity contribution in [3.8, 4) is 11.5 Å². The predicted octanol–water partition coefficient (Wildman–Crippen LogP) is 2.01. The molecular formula is C23H23N3O6S. The molecule has 9 nitrogen and oxygen atoms in total. The summed E-state index contributed by atoms with van der Waals surface area (Å²) in [5.41, 5.74) is 5.33. The van der Waals surface area contributed by atoms with Crippen molar-refractivity contribution in [1.29, 1.82) is 0 Å². The minimum absolute atomic E-state index is 0.0639. The lowest BCUT2D eigenvalue weighted by Gasteiger charge is -2.11. The molecule has 0 bridgehead atoms. The van der Waals surface area contributed by atoms with Gasteiger partial charge in [-0.1, -0.05) is 36.4 Å². The van der Waals surface area contributed by atoms with Gasteiger partial charge in [-0.05, 0) is 48.0 Å². The molecule has 0 fully saturated rings. The first-order valence-corrected chi connectivity index (χ1v) is 11.4. The van der Waals surface area contributed by atoms with Crippen LogP contribution in [0.5, 0.6) is 11.5 Å². The maximum absolute atomic E-state index is 12.6. The molecule has 0 radical (unpaired) electrons. The fourth-order valence-corrected chi connectivity index (χ4v) is 3.78. The molecular weight excluding hydrogens is 446 g/mol. The van der Waals surface area contributed by atoms with Crippen LogP contribution < -0.4 is 25.0 Å². The predicted molar refractivity (Wildman–Crippen MR) is 121 cm³/mol. The summed E-state index contributed by atoms with van der Waals surface area (Å²) in [6.07, 6.45) is 0. The highest BCUT2D eigenvalue weighted by Crippen LogP contribution is 2.16. The van der Waals surface area contributed by atoms with Gasteiger partial charge < -0.3 is 9.47 Å². The molecule has 0 aliphatic heterocycles. The molecule has 0 saturated heterocycles. The number of carbonyl (C=O) groups excluding carboxylic acids is 2. The number of hydrogen-bond acceptors (Lipinski definition) is 6. The van der Waals surface area contributed by atoms with Crippen molar-refractivity contribution in [3.63, 3.8) is 0 Å². The standard InChI is InChI=1S/C23H23N3O6S/c1-31-19-10-12-20(13-11-19)32-16-22(27)25-26-23(28)18-8-5-9-21(14-18)33(29,30)24-15-17-6-3-2-4-7-17/h2-14,24H,15-16H2,1H3,(H,25,27)(H,26,28). The molecule has 0 aliphatic rings. The zero-order valence-corrected chi connectivity index (χ0v) is 18.6. The Balaban J connectivity index is 1.52. The summed E-state index contributed by atoms with van der Waals surface area (Å²) in [6.45, 7) is -0.214. The van der Waals surface area contributed by atoms with E-state index in [0.29, 0.717) is 11.5 Å². The molecule has 3 aromatic carbocycles. The second-order valence-corrected chi connectivity index (χ2v) is 8.57. The third-order valence-corrected chi connectivity index (χ3v) is 5.86. The summed E-state index contributed by atoms with van der Waals surface area (Å²) in [6, 6.07) is 21.2. The molecule has 0 aromatic heterocycles.